The third-order valence-corrected chi connectivity index (χ3v) is 4.63. The van der Waals surface area contributed by atoms with E-state index in [9.17, 15) is 4.39 Å². The maximum atomic E-state index is 13.2. The molecule has 1 aliphatic carbocycles. The monoisotopic (exact) mass is 283 g/mol. The van der Waals surface area contributed by atoms with E-state index in [4.69, 9.17) is 11.6 Å². The molecule has 2 rings (SSSR count). The summed E-state index contributed by atoms with van der Waals surface area (Å²) in [6, 6.07) is 5.75. The molecule has 1 aromatic rings. The van der Waals surface area contributed by atoms with Crippen molar-refractivity contribution in [3.63, 3.8) is 0 Å². The van der Waals surface area contributed by atoms with E-state index in [0.29, 0.717) is 12.0 Å². The van der Waals surface area contributed by atoms with E-state index in [1.165, 1.54) is 25.3 Å². The van der Waals surface area contributed by atoms with Crippen LogP contribution in [0.25, 0.3) is 0 Å². The lowest BCUT2D eigenvalue weighted by atomic mass is 9.79. The molecule has 1 fully saturated rings. The van der Waals surface area contributed by atoms with Crippen LogP contribution in [0.15, 0.2) is 18.2 Å². The smallest absolute Gasteiger partial charge is 0.141 e. The second-order valence-corrected chi connectivity index (χ2v) is 6.47. The summed E-state index contributed by atoms with van der Waals surface area (Å²) in [7, 11) is 0. The molecule has 0 bridgehead atoms. The molecule has 0 aliphatic heterocycles. The molecule has 0 amide bonds. The van der Waals surface area contributed by atoms with E-state index in [-0.39, 0.29) is 16.9 Å². The van der Waals surface area contributed by atoms with Gasteiger partial charge in [-0.3, -0.25) is 0 Å². The van der Waals surface area contributed by atoms with Gasteiger partial charge < -0.3 is 5.32 Å². The second-order valence-electron chi connectivity index (χ2n) is 6.06. The van der Waals surface area contributed by atoms with E-state index >= 15 is 0 Å². The van der Waals surface area contributed by atoms with Gasteiger partial charge in [0.2, 0.25) is 0 Å². The molecule has 106 valence electrons. The lowest BCUT2D eigenvalue weighted by Gasteiger charge is -2.35. The standard InChI is InChI=1S/C16H23ClFN/c1-10-4-7-16(11(2)8-10)19-12(3)13-5-6-15(18)14(17)9-13/h5-6,9-12,16,19H,4,7-8H2,1-3H3. The third-order valence-electron chi connectivity index (χ3n) is 4.34. The number of nitrogens with one attached hydrogen (secondary N) is 1. The zero-order valence-electron chi connectivity index (χ0n) is 11.9. The van der Waals surface area contributed by atoms with Crippen LogP contribution in [0.1, 0.15) is 51.6 Å². The molecule has 19 heavy (non-hydrogen) atoms. The van der Waals surface area contributed by atoms with Crippen molar-refractivity contribution in [2.24, 2.45) is 11.8 Å². The van der Waals surface area contributed by atoms with Crippen molar-refractivity contribution in [2.75, 3.05) is 0 Å². The third kappa shape index (κ3) is 3.70. The van der Waals surface area contributed by atoms with Gasteiger partial charge in [-0.05, 0) is 55.7 Å². The van der Waals surface area contributed by atoms with Crippen molar-refractivity contribution >= 4 is 11.6 Å². The van der Waals surface area contributed by atoms with Gasteiger partial charge >= 0.3 is 0 Å². The average molecular weight is 284 g/mol. The zero-order valence-corrected chi connectivity index (χ0v) is 12.7. The first-order valence-electron chi connectivity index (χ1n) is 7.18. The van der Waals surface area contributed by atoms with E-state index in [1.54, 1.807) is 6.07 Å². The molecule has 1 aromatic carbocycles. The predicted octanol–water partition coefficient (Wildman–Crippen LogP) is 4.95. The lowest BCUT2D eigenvalue weighted by molar-refractivity contribution is 0.216. The zero-order chi connectivity index (χ0) is 14.0. The van der Waals surface area contributed by atoms with Crippen LogP contribution in [-0.2, 0) is 0 Å². The second kappa shape index (κ2) is 6.23. The molecule has 1 aliphatic rings. The van der Waals surface area contributed by atoms with Gasteiger partial charge in [0.05, 0.1) is 5.02 Å². The van der Waals surface area contributed by atoms with Crippen molar-refractivity contribution in [3.8, 4) is 0 Å². The van der Waals surface area contributed by atoms with Crippen molar-refractivity contribution in [2.45, 2.75) is 52.1 Å². The first-order valence-corrected chi connectivity index (χ1v) is 7.56. The van der Waals surface area contributed by atoms with Crippen LogP contribution in [0.5, 0.6) is 0 Å². The number of halogens is 2. The highest BCUT2D eigenvalue weighted by Gasteiger charge is 2.26. The van der Waals surface area contributed by atoms with Gasteiger partial charge in [-0.1, -0.05) is 31.5 Å². The summed E-state index contributed by atoms with van der Waals surface area (Å²) in [4.78, 5) is 0. The molecule has 1 saturated carbocycles. The maximum absolute atomic E-state index is 13.2. The van der Waals surface area contributed by atoms with Crippen molar-refractivity contribution in [1.29, 1.82) is 0 Å². The van der Waals surface area contributed by atoms with Crippen LogP contribution >= 0.6 is 11.6 Å². The Kier molecular flexibility index (Phi) is 4.86. The van der Waals surface area contributed by atoms with Crippen molar-refractivity contribution < 1.29 is 4.39 Å². The van der Waals surface area contributed by atoms with E-state index < -0.39 is 0 Å². The Morgan fingerprint density at radius 2 is 2.05 bits per heavy atom. The largest absolute Gasteiger partial charge is 0.307 e. The summed E-state index contributed by atoms with van der Waals surface area (Å²) in [5.74, 6) is 1.18. The Bertz CT molecular complexity index is 435. The highest BCUT2D eigenvalue weighted by molar-refractivity contribution is 6.30. The van der Waals surface area contributed by atoms with Gasteiger partial charge in [-0.15, -0.1) is 0 Å². The first kappa shape index (κ1) is 14.8. The summed E-state index contributed by atoms with van der Waals surface area (Å²) in [6.45, 7) is 6.77. The van der Waals surface area contributed by atoms with Gasteiger partial charge in [0.25, 0.3) is 0 Å². The van der Waals surface area contributed by atoms with Crippen LogP contribution in [0.2, 0.25) is 5.02 Å². The molecule has 0 aromatic heterocycles. The number of benzene rings is 1. The SMILES string of the molecule is CC1CCC(NC(C)c2ccc(F)c(Cl)c2)C(C)C1. The quantitative estimate of drug-likeness (QED) is 0.827. The summed E-state index contributed by atoms with van der Waals surface area (Å²) in [5, 5.41) is 3.88. The van der Waals surface area contributed by atoms with Crippen molar-refractivity contribution in [3.05, 3.63) is 34.6 Å². The molecular formula is C16H23ClFN. The minimum Gasteiger partial charge on any atom is -0.307 e. The Balaban J connectivity index is 2.00. The maximum Gasteiger partial charge on any atom is 0.141 e. The number of hydrogen-bond acceptors (Lipinski definition) is 1. The lowest BCUT2D eigenvalue weighted by Crippen LogP contribution is -2.40. The Labute approximate surface area is 120 Å². The van der Waals surface area contributed by atoms with Gasteiger partial charge in [0.15, 0.2) is 0 Å². The van der Waals surface area contributed by atoms with Crippen LogP contribution in [-0.4, -0.2) is 6.04 Å². The van der Waals surface area contributed by atoms with Crippen molar-refractivity contribution in [1.82, 2.24) is 5.32 Å². The van der Waals surface area contributed by atoms with Gasteiger partial charge in [-0.2, -0.15) is 0 Å². The molecule has 4 unspecified atom stereocenters. The molecule has 3 heteroatoms. The van der Waals surface area contributed by atoms with Crippen LogP contribution < -0.4 is 5.32 Å². The predicted molar refractivity (Wildman–Crippen MR) is 78.9 cm³/mol. The summed E-state index contributed by atoms with van der Waals surface area (Å²) < 4.78 is 13.2. The summed E-state index contributed by atoms with van der Waals surface area (Å²) >= 11 is 5.85. The van der Waals surface area contributed by atoms with Gasteiger partial charge in [-0.25, -0.2) is 4.39 Å². The molecule has 1 nitrogen and oxygen atoms in total. The fraction of sp³-hybridized carbons (Fsp3) is 0.625. The van der Waals surface area contributed by atoms with Crippen LogP contribution in [0, 0.1) is 17.7 Å². The average Bonchev–Trinajstić information content (AvgIpc) is 2.36. The van der Waals surface area contributed by atoms with Gasteiger partial charge in [0.1, 0.15) is 5.82 Å². The van der Waals surface area contributed by atoms with Crippen LogP contribution in [0.3, 0.4) is 0 Å². The number of hydrogen-bond donors (Lipinski definition) is 1. The molecule has 0 radical (unpaired) electrons. The number of rotatable bonds is 3. The Hall–Kier alpha value is -0.600. The topological polar surface area (TPSA) is 12.0 Å². The molecular weight excluding hydrogens is 261 g/mol. The highest BCUT2D eigenvalue weighted by atomic mass is 35.5. The molecule has 1 N–H and O–H groups in total. The first-order chi connectivity index (χ1) is 8.97. The molecule has 0 heterocycles. The fourth-order valence-electron chi connectivity index (χ4n) is 3.11. The Morgan fingerprint density at radius 1 is 1.32 bits per heavy atom. The van der Waals surface area contributed by atoms with E-state index in [2.05, 4.69) is 26.1 Å². The van der Waals surface area contributed by atoms with E-state index in [0.717, 1.165) is 11.5 Å². The molecule has 0 spiro atoms. The summed E-state index contributed by atoms with van der Waals surface area (Å²) in [5.41, 5.74) is 1.05. The highest BCUT2D eigenvalue weighted by Crippen LogP contribution is 2.30. The van der Waals surface area contributed by atoms with Crippen LogP contribution in [0.4, 0.5) is 4.39 Å². The van der Waals surface area contributed by atoms with Gasteiger partial charge in [0, 0.05) is 12.1 Å². The minimum absolute atomic E-state index is 0.205. The van der Waals surface area contributed by atoms with E-state index in [1.807, 2.05) is 6.07 Å². The molecule has 4 atom stereocenters. The normalized spacial score (nSPS) is 29.2. The minimum atomic E-state index is -0.350. The molecule has 0 saturated heterocycles. The fourth-order valence-corrected chi connectivity index (χ4v) is 3.30. The summed E-state index contributed by atoms with van der Waals surface area (Å²) in [6.07, 6.45) is 3.80. The Morgan fingerprint density at radius 3 is 2.68 bits per heavy atom.